The molecule has 0 amide bonds. The number of rotatable bonds is 4. The number of hydrogen-bond donors (Lipinski definition) is 1. The van der Waals surface area contributed by atoms with E-state index in [9.17, 15) is 0 Å². The first-order chi connectivity index (χ1) is 9.83. The van der Waals surface area contributed by atoms with Crippen molar-refractivity contribution in [3.05, 3.63) is 35.8 Å². The van der Waals surface area contributed by atoms with Gasteiger partial charge in [-0.05, 0) is 37.8 Å². The van der Waals surface area contributed by atoms with Crippen molar-refractivity contribution in [2.45, 2.75) is 25.8 Å². The molecule has 2 heterocycles. The van der Waals surface area contributed by atoms with Gasteiger partial charge >= 0.3 is 0 Å². The SMILES string of the molecule is C[C@@H](Nc1cccc(-c2nccs2)c1)C1CCOCC1. The number of ether oxygens (including phenoxy) is 1. The third-order valence-corrected chi connectivity index (χ3v) is 4.73. The van der Waals surface area contributed by atoms with Crippen LogP contribution in [0.5, 0.6) is 0 Å². The van der Waals surface area contributed by atoms with Crippen molar-refractivity contribution in [2.24, 2.45) is 5.92 Å². The summed E-state index contributed by atoms with van der Waals surface area (Å²) in [5, 5.41) is 6.73. The number of aromatic nitrogens is 1. The first-order valence-electron chi connectivity index (χ1n) is 7.17. The van der Waals surface area contributed by atoms with E-state index in [1.165, 1.54) is 11.3 Å². The van der Waals surface area contributed by atoms with Crippen molar-refractivity contribution < 1.29 is 4.74 Å². The summed E-state index contributed by atoms with van der Waals surface area (Å²) in [7, 11) is 0. The number of hydrogen-bond acceptors (Lipinski definition) is 4. The van der Waals surface area contributed by atoms with E-state index in [4.69, 9.17) is 4.74 Å². The molecule has 3 nitrogen and oxygen atoms in total. The van der Waals surface area contributed by atoms with Gasteiger partial charge in [0, 0.05) is 42.1 Å². The van der Waals surface area contributed by atoms with Crippen molar-refractivity contribution in [3.8, 4) is 10.6 Å². The third kappa shape index (κ3) is 3.19. The predicted octanol–water partition coefficient (Wildman–Crippen LogP) is 4.04. The topological polar surface area (TPSA) is 34.2 Å². The fourth-order valence-corrected chi connectivity index (χ4v) is 3.34. The van der Waals surface area contributed by atoms with Crippen molar-refractivity contribution in [2.75, 3.05) is 18.5 Å². The van der Waals surface area contributed by atoms with Gasteiger partial charge in [-0.3, -0.25) is 0 Å². The Hall–Kier alpha value is -1.39. The van der Waals surface area contributed by atoms with E-state index in [1.54, 1.807) is 11.3 Å². The van der Waals surface area contributed by atoms with Crippen molar-refractivity contribution in [1.82, 2.24) is 4.98 Å². The fourth-order valence-electron chi connectivity index (χ4n) is 2.70. The lowest BCUT2D eigenvalue weighted by atomic mass is 9.93. The maximum atomic E-state index is 5.43. The third-order valence-electron chi connectivity index (χ3n) is 3.91. The van der Waals surface area contributed by atoms with E-state index in [2.05, 4.69) is 41.5 Å². The first kappa shape index (κ1) is 13.6. The predicted molar refractivity (Wildman–Crippen MR) is 84.2 cm³/mol. The molecule has 106 valence electrons. The van der Waals surface area contributed by atoms with Gasteiger partial charge in [-0.2, -0.15) is 0 Å². The Morgan fingerprint density at radius 2 is 2.20 bits per heavy atom. The van der Waals surface area contributed by atoms with Crippen molar-refractivity contribution in [3.63, 3.8) is 0 Å². The number of nitrogens with zero attached hydrogens (tertiary/aromatic N) is 1. The Balaban J connectivity index is 1.69. The quantitative estimate of drug-likeness (QED) is 0.922. The van der Waals surface area contributed by atoms with Gasteiger partial charge in [0.05, 0.1) is 0 Å². The zero-order valence-electron chi connectivity index (χ0n) is 11.7. The average Bonchev–Trinajstić information content (AvgIpc) is 3.03. The van der Waals surface area contributed by atoms with Gasteiger partial charge in [-0.25, -0.2) is 4.98 Å². The molecule has 1 aromatic heterocycles. The Labute approximate surface area is 124 Å². The lowest BCUT2D eigenvalue weighted by Crippen LogP contribution is -2.30. The molecule has 0 spiro atoms. The molecular weight excluding hydrogens is 268 g/mol. The molecule has 0 radical (unpaired) electrons. The summed E-state index contributed by atoms with van der Waals surface area (Å²) < 4.78 is 5.43. The van der Waals surface area contributed by atoms with Gasteiger partial charge in [-0.1, -0.05) is 12.1 Å². The van der Waals surface area contributed by atoms with E-state index >= 15 is 0 Å². The van der Waals surface area contributed by atoms with Crippen LogP contribution in [0.4, 0.5) is 5.69 Å². The zero-order valence-corrected chi connectivity index (χ0v) is 12.5. The molecule has 1 fully saturated rings. The molecule has 0 aliphatic carbocycles. The van der Waals surface area contributed by atoms with Gasteiger partial charge in [0.1, 0.15) is 5.01 Å². The van der Waals surface area contributed by atoms with Crippen LogP contribution in [0, 0.1) is 5.92 Å². The number of anilines is 1. The second-order valence-electron chi connectivity index (χ2n) is 5.30. The Kier molecular flexibility index (Phi) is 4.33. The maximum Gasteiger partial charge on any atom is 0.123 e. The minimum absolute atomic E-state index is 0.477. The van der Waals surface area contributed by atoms with Gasteiger partial charge in [-0.15, -0.1) is 11.3 Å². The van der Waals surface area contributed by atoms with Crippen LogP contribution in [-0.2, 0) is 4.74 Å². The standard InChI is InChI=1S/C16H20N2OS/c1-12(13-5-8-19-9-6-13)18-15-4-2-3-14(11-15)16-17-7-10-20-16/h2-4,7,10-13,18H,5-6,8-9H2,1H3/t12-/m1/s1. The Morgan fingerprint density at radius 1 is 1.35 bits per heavy atom. The summed E-state index contributed by atoms with van der Waals surface area (Å²) in [6, 6.07) is 9.01. The monoisotopic (exact) mass is 288 g/mol. The summed E-state index contributed by atoms with van der Waals surface area (Å²) in [6.45, 7) is 4.07. The smallest absolute Gasteiger partial charge is 0.123 e. The lowest BCUT2D eigenvalue weighted by Gasteiger charge is -2.29. The maximum absolute atomic E-state index is 5.43. The van der Waals surface area contributed by atoms with Crippen LogP contribution in [0.1, 0.15) is 19.8 Å². The second-order valence-corrected chi connectivity index (χ2v) is 6.20. The minimum Gasteiger partial charge on any atom is -0.382 e. The average molecular weight is 288 g/mol. The van der Waals surface area contributed by atoms with Gasteiger partial charge < -0.3 is 10.1 Å². The zero-order chi connectivity index (χ0) is 13.8. The minimum atomic E-state index is 0.477. The highest BCUT2D eigenvalue weighted by Gasteiger charge is 2.20. The van der Waals surface area contributed by atoms with Crippen LogP contribution < -0.4 is 5.32 Å². The van der Waals surface area contributed by atoms with Crippen LogP contribution in [0.15, 0.2) is 35.8 Å². The van der Waals surface area contributed by atoms with Crippen LogP contribution >= 0.6 is 11.3 Å². The van der Waals surface area contributed by atoms with E-state index in [0.29, 0.717) is 12.0 Å². The molecule has 0 saturated carbocycles. The molecule has 2 aromatic rings. The summed E-state index contributed by atoms with van der Waals surface area (Å²) in [6.07, 6.45) is 4.16. The number of nitrogens with one attached hydrogen (secondary N) is 1. The Bertz CT molecular complexity index is 535. The highest BCUT2D eigenvalue weighted by Crippen LogP contribution is 2.26. The summed E-state index contributed by atoms with van der Waals surface area (Å²) in [4.78, 5) is 4.37. The second kappa shape index (κ2) is 6.37. The molecule has 1 N–H and O–H groups in total. The molecule has 4 heteroatoms. The molecule has 0 unspecified atom stereocenters. The Morgan fingerprint density at radius 3 is 2.95 bits per heavy atom. The van der Waals surface area contributed by atoms with Gasteiger partial charge in [0.25, 0.3) is 0 Å². The highest BCUT2D eigenvalue weighted by molar-refractivity contribution is 7.13. The van der Waals surface area contributed by atoms with Crippen molar-refractivity contribution >= 4 is 17.0 Å². The molecule has 1 atom stereocenters. The molecule has 1 saturated heterocycles. The summed E-state index contributed by atoms with van der Waals surface area (Å²) in [5.74, 6) is 0.701. The molecular formula is C16H20N2OS. The first-order valence-corrected chi connectivity index (χ1v) is 8.05. The van der Waals surface area contributed by atoms with E-state index in [-0.39, 0.29) is 0 Å². The number of benzene rings is 1. The highest BCUT2D eigenvalue weighted by atomic mass is 32.1. The van der Waals surface area contributed by atoms with E-state index in [0.717, 1.165) is 31.1 Å². The van der Waals surface area contributed by atoms with Crippen LogP contribution in [0.3, 0.4) is 0 Å². The molecule has 1 aromatic carbocycles. The fraction of sp³-hybridized carbons (Fsp3) is 0.438. The van der Waals surface area contributed by atoms with Crippen molar-refractivity contribution in [1.29, 1.82) is 0 Å². The molecule has 0 bridgehead atoms. The molecule has 3 rings (SSSR count). The lowest BCUT2D eigenvalue weighted by molar-refractivity contribution is 0.0622. The number of thiazole rings is 1. The normalized spacial score (nSPS) is 17.9. The summed E-state index contributed by atoms with van der Waals surface area (Å²) >= 11 is 1.68. The van der Waals surface area contributed by atoms with Gasteiger partial charge in [0.15, 0.2) is 0 Å². The van der Waals surface area contributed by atoms with E-state index in [1.807, 2.05) is 11.6 Å². The van der Waals surface area contributed by atoms with Crippen LogP contribution in [-0.4, -0.2) is 24.2 Å². The summed E-state index contributed by atoms with van der Waals surface area (Å²) in [5.41, 5.74) is 2.36. The van der Waals surface area contributed by atoms with Crippen LogP contribution in [0.2, 0.25) is 0 Å². The molecule has 1 aliphatic heterocycles. The van der Waals surface area contributed by atoms with Crippen LogP contribution in [0.25, 0.3) is 10.6 Å². The largest absolute Gasteiger partial charge is 0.382 e. The van der Waals surface area contributed by atoms with E-state index < -0.39 is 0 Å². The van der Waals surface area contributed by atoms with Gasteiger partial charge in [0.2, 0.25) is 0 Å². The molecule has 1 aliphatic rings. The molecule has 20 heavy (non-hydrogen) atoms.